The highest BCUT2D eigenvalue weighted by Crippen LogP contribution is 2.20. The minimum Gasteiger partial charge on any atom is -0.309 e. The summed E-state index contributed by atoms with van der Waals surface area (Å²) in [5.74, 6) is 5.69. The van der Waals surface area contributed by atoms with Gasteiger partial charge in [0.15, 0.2) is 0 Å². The second kappa shape index (κ2) is 6.30. The molecule has 0 aliphatic rings. The molecule has 0 bridgehead atoms. The Balaban J connectivity index is 2.94. The van der Waals surface area contributed by atoms with Crippen LogP contribution in [-0.4, -0.2) is 6.54 Å². The van der Waals surface area contributed by atoms with Crippen molar-refractivity contribution in [3.8, 4) is 11.8 Å². The van der Waals surface area contributed by atoms with Crippen molar-refractivity contribution >= 4 is 0 Å². The molecule has 0 aromatic heterocycles. The van der Waals surface area contributed by atoms with Gasteiger partial charge in [-0.3, -0.25) is 0 Å². The third-order valence-corrected chi connectivity index (χ3v) is 2.46. The van der Waals surface area contributed by atoms with Gasteiger partial charge in [-0.2, -0.15) is 0 Å². The van der Waals surface area contributed by atoms with Crippen molar-refractivity contribution in [3.05, 3.63) is 35.1 Å². The monoisotopic (exact) mass is 219 g/mol. The van der Waals surface area contributed by atoms with Crippen LogP contribution in [-0.2, 0) is 0 Å². The molecule has 0 amide bonds. The summed E-state index contributed by atoms with van der Waals surface area (Å²) in [6.45, 7) is 6.51. The van der Waals surface area contributed by atoms with Crippen LogP contribution in [0.3, 0.4) is 0 Å². The van der Waals surface area contributed by atoms with Crippen LogP contribution >= 0.6 is 0 Å². The van der Waals surface area contributed by atoms with Crippen molar-refractivity contribution in [2.24, 2.45) is 0 Å². The Kier molecular flexibility index (Phi) is 5.01. The molecule has 0 saturated carbocycles. The zero-order valence-electron chi connectivity index (χ0n) is 10.1. The summed E-state index contributed by atoms with van der Waals surface area (Å²) in [6, 6.07) is 5.33. The van der Waals surface area contributed by atoms with E-state index in [2.05, 4.69) is 17.2 Å². The van der Waals surface area contributed by atoms with Crippen LogP contribution in [0.25, 0.3) is 0 Å². The lowest BCUT2D eigenvalue weighted by Crippen LogP contribution is -2.21. The van der Waals surface area contributed by atoms with Gasteiger partial charge in [-0.05, 0) is 32.0 Å². The van der Waals surface area contributed by atoms with Gasteiger partial charge in [-0.25, -0.2) is 4.39 Å². The predicted molar refractivity (Wildman–Crippen MR) is 65.6 cm³/mol. The average Bonchev–Trinajstić information content (AvgIpc) is 2.25. The Labute approximate surface area is 97.1 Å². The fraction of sp³-hybridized carbons (Fsp3) is 0.429. The van der Waals surface area contributed by atoms with E-state index >= 15 is 0 Å². The third kappa shape index (κ3) is 3.36. The first-order valence-corrected chi connectivity index (χ1v) is 5.58. The smallest absolute Gasteiger partial charge is 0.128 e. The van der Waals surface area contributed by atoms with E-state index < -0.39 is 0 Å². The fourth-order valence-electron chi connectivity index (χ4n) is 1.66. The summed E-state index contributed by atoms with van der Waals surface area (Å²) >= 11 is 0. The minimum atomic E-state index is -0.149. The summed E-state index contributed by atoms with van der Waals surface area (Å²) in [5, 5.41) is 3.25. The van der Waals surface area contributed by atoms with Gasteiger partial charge >= 0.3 is 0 Å². The summed E-state index contributed by atoms with van der Waals surface area (Å²) in [5.41, 5.74) is 1.65. The molecule has 0 saturated heterocycles. The molecule has 2 heteroatoms. The van der Waals surface area contributed by atoms with Crippen LogP contribution in [0.2, 0.25) is 0 Å². The maximum absolute atomic E-state index is 13.8. The van der Waals surface area contributed by atoms with Gasteiger partial charge in [-0.1, -0.05) is 19.1 Å². The van der Waals surface area contributed by atoms with E-state index in [1.54, 1.807) is 13.0 Å². The van der Waals surface area contributed by atoms with Crippen molar-refractivity contribution < 1.29 is 4.39 Å². The molecule has 1 unspecified atom stereocenters. The summed E-state index contributed by atoms with van der Waals surface area (Å²) < 4.78 is 13.8. The maximum atomic E-state index is 13.8. The Morgan fingerprint density at radius 3 is 2.75 bits per heavy atom. The molecule has 0 fully saturated rings. The molecule has 1 aromatic rings. The standard InChI is InChI=1S/C14H18FN/c1-4-6-7-14(16-5-2)12-9-8-11(3)10-13(12)15/h8-10,14,16H,5,7H2,1-3H3. The van der Waals surface area contributed by atoms with E-state index in [0.29, 0.717) is 12.0 Å². The Morgan fingerprint density at radius 1 is 1.44 bits per heavy atom. The van der Waals surface area contributed by atoms with Crippen molar-refractivity contribution in [1.82, 2.24) is 5.32 Å². The van der Waals surface area contributed by atoms with Crippen molar-refractivity contribution in [1.29, 1.82) is 0 Å². The van der Waals surface area contributed by atoms with Crippen molar-refractivity contribution in [2.45, 2.75) is 33.2 Å². The number of nitrogens with one attached hydrogen (secondary N) is 1. The summed E-state index contributed by atoms with van der Waals surface area (Å²) in [6.07, 6.45) is 0.643. The molecule has 0 aliphatic carbocycles. The lowest BCUT2D eigenvalue weighted by molar-refractivity contribution is 0.520. The van der Waals surface area contributed by atoms with E-state index in [9.17, 15) is 4.39 Å². The number of hydrogen-bond acceptors (Lipinski definition) is 1. The lowest BCUT2D eigenvalue weighted by Gasteiger charge is -2.16. The van der Waals surface area contributed by atoms with E-state index in [0.717, 1.165) is 12.1 Å². The van der Waals surface area contributed by atoms with Gasteiger partial charge in [-0.15, -0.1) is 11.8 Å². The Morgan fingerprint density at radius 2 is 2.19 bits per heavy atom. The fourth-order valence-corrected chi connectivity index (χ4v) is 1.66. The van der Waals surface area contributed by atoms with Crippen molar-refractivity contribution in [2.75, 3.05) is 6.54 Å². The molecule has 1 rings (SSSR count). The molecule has 0 spiro atoms. The molecule has 1 N–H and O–H groups in total. The zero-order chi connectivity index (χ0) is 12.0. The normalized spacial score (nSPS) is 11.8. The summed E-state index contributed by atoms with van der Waals surface area (Å²) in [7, 11) is 0. The Hall–Kier alpha value is -1.33. The average molecular weight is 219 g/mol. The number of hydrogen-bond donors (Lipinski definition) is 1. The van der Waals surface area contributed by atoms with Gasteiger partial charge in [0, 0.05) is 18.0 Å². The van der Waals surface area contributed by atoms with Gasteiger partial charge in [0.05, 0.1) is 0 Å². The molecule has 0 radical (unpaired) electrons. The summed E-state index contributed by atoms with van der Waals surface area (Å²) in [4.78, 5) is 0. The second-order valence-electron chi connectivity index (χ2n) is 3.77. The van der Waals surface area contributed by atoms with Crippen LogP contribution in [0.1, 0.15) is 37.4 Å². The van der Waals surface area contributed by atoms with Gasteiger partial charge in [0.2, 0.25) is 0 Å². The van der Waals surface area contributed by atoms with Crippen LogP contribution in [0.5, 0.6) is 0 Å². The van der Waals surface area contributed by atoms with E-state index in [-0.39, 0.29) is 11.9 Å². The minimum absolute atomic E-state index is 0.0157. The van der Waals surface area contributed by atoms with Gasteiger partial charge in [0.25, 0.3) is 0 Å². The molecule has 0 aliphatic heterocycles. The molecule has 1 nitrogen and oxygen atoms in total. The van der Waals surface area contributed by atoms with E-state index in [1.165, 1.54) is 0 Å². The van der Waals surface area contributed by atoms with Gasteiger partial charge < -0.3 is 5.32 Å². The number of halogens is 1. The number of aryl methyl sites for hydroxylation is 1. The maximum Gasteiger partial charge on any atom is 0.128 e. The van der Waals surface area contributed by atoms with E-state index in [1.807, 2.05) is 26.0 Å². The van der Waals surface area contributed by atoms with Crippen LogP contribution in [0.15, 0.2) is 18.2 Å². The molecule has 1 aromatic carbocycles. The SMILES string of the molecule is CC#CCC(NCC)c1ccc(C)cc1F. The second-order valence-corrected chi connectivity index (χ2v) is 3.77. The molecule has 1 atom stereocenters. The first kappa shape index (κ1) is 12.7. The molecular formula is C14H18FN. The predicted octanol–water partition coefficient (Wildman–Crippen LogP) is 3.20. The third-order valence-electron chi connectivity index (χ3n) is 2.46. The van der Waals surface area contributed by atoms with Crippen LogP contribution in [0.4, 0.5) is 4.39 Å². The Bertz CT molecular complexity index is 401. The highest BCUT2D eigenvalue weighted by molar-refractivity contribution is 5.27. The van der Waals surface area contributed by atoms with E-state index in [4.69, 9.17) is 0 Å². The molecular weight excluding hydrogens is 201 g/mol. The topological polar surface area (TPSA) is 12.0 Å². The highest BCUT2D eigenvalue weighted by Gasteiger charge is 2.13. The number of rotatable bonds is 4. The first-order valence-electron chi connectivity index (χ1n) is 5.58. The molecule has 86 valence electrons. The largest absolute Gasteiger partial charge is 0.309 e. The number of benzene rings is 1. The quantitative estimate of drug-likeness (QED) is 0.767. The lowest BCUT2D eigenvalue weighted by atomic mass is 10.0. The highest BCUT2D eigenvalue weighted by atomic mass is 19.1. The molecule has 16 heavy (non-hydrogen) atoms. The van der Waals surface area contributed by atoms with Crippen molar-refractivity contribution in [3.63, 3.8) is 0 Å². The zero-order valence-corrected chi connectivity index (χ0v) is 10.1. The van der Waals surface area contributed by atoms with Crippen LogP contribution in [0, 0.1) is 24.6 Å². The van der Waals surface area contributed by atoms with Gasteiger partial charge in [0.1, 0.15) is 5.82 Å². The molecule has 0 heterocycles. The van der Waals surface area contributed by atoms with Crippen LogP contribution < -0.4 is 5.32 Å². The first-order chi connectivity index (χ1) is 7.69.